The maximum absolute atomic E-state index is 13.2. The van der Waals surface area contributed by atoms with Crippen LogP contribution >= 0.6 is 0 Å². The molecule has 0 bridgehead atoms. The third-order valence-electron chi connectivity index (χ3n) is 3.67. The van der Waals surface area contributed by atoms with Crippen molar-refractivity contribution in [2.75, 3.05) is 13.7 Å². The van der Waals surface area contributed by atoms with Crippen molar-refractivity contribution in [2.24, 2.45) is 5.73 Å². The van der Waals surface area contributed by atoms with Gasteiger partial charge in [0, 0.05) is 6.54 Å². The summed E-state index contributed by atoms with van der Waals surface area (Å²) in [6.45, 7) is 0.605. The van der Waals surface area contributed by atoms with E-state index in [1.54, 1.807) is 19.2 Å². The van der Waals surface area contributed by atoms with Crippen molar-refractivity contribution in [3.8, 4) is 5.75 Å². The first-order valence-corrected chi connectivity index (χ1v) is 6.91. The van der Waals surface area contributed by atoms with Crippen molar-refractivity contribution in [3.05, 3.63) is 29.6 Å². The number of hydrogen-bond acceptors (Lipinski definition) is 3. The van der Waals surface area contributed by atoms with E-state index in [-0.39, 0.29) is 11.9 Å². The average Bonchev–Trinajstić information content (AvgIpc) is 2.87. The van der Waals surface area contributed by atoms with E-state index in [0.29, 0.717) is 12.6 Å². The number of ether oxygens (including phenoxy) is 2. The van der Waals surface area contributed by atoms with Crippen molar-refractivity contribution in [2.45, 2.75) is 44.3 Å². The predicted molar refractivity (Wildman–Crippen MR) is 72.8 cm³/mol. The van der Waals surface area contributed by atoms with E-state index >= 15 is 0 Å². The number of nitrogens with two attached hydrogens (primary N) is 1. The van der Waals surface area contributed by atoms with Crippen LogP contribution in [-0.4, -0.2) is 25.9 Å². The Morgan fingerprint density at radius 1 is 1.37 bits per heavy atom. The lowest BCUT2D eigenvalue weighted by atomic mass is 10.0. The standard InChI is InChI=1S/C15H22FNO2/c1-18-15-8-5-12(16)9-11(15)3-2-4-13-6-7-14(10-17)19-13/h5,8-9,13-14H,2-4,6-7,10,17H2,1H3/t13-,14+/m1/s1. The lowest BCUT2D eigenvalue weighted by Crippen LogP contribution is -2.20. The van der Waals surface area contributed by atoms with E-state index in [1.807, 2.05) is 0 Å². The maximum atomic E-state index is 13.2. The SMILES string of the molecule is COc1ccc(F)cc1CCC[C@@H]1CC[C@@H](CN)O1. The van der Waals surface area contributed by atoms with Crippen molar-refractivity contribution in [3.63, 3.8) is 0 Å². The van der Waals surface area contributed by atoms with Crippen LogP contribution in [0.5, 0.6) is 5.75 Å². The molecule has 1 aliphatic rings. The van der Waals surface area contributed by atoms with Crippen LogP contribution in [0.1, 0.15) is 31.2 Å². The first-order chi connectivity index (χ1) is 9.22. The van der Waals surface area contributed by atoms with Crippen LogP contribution in [0.4, 0.5) is 4.39 Å². The molecule has 106 valence electrons. The van der Waals surface area contributed by atoms with Gasteiger partial charge in [-0.3, -0.25) is 0 Å². The topological polar surface area (TPSA) is 44.5 Å². The molecule has 3 nitrogen and oxygen atoms in total. The molecule has 2 rings (SSSR count). The average molecular weight is 267 g/mol. The smallest absolute Gasteiger partial charge is 0.123 e. The summed E-state index contributed by atoms with van der Waals surface area (Å²) in [7, 11) is 1.61. The molecule has 1 aromatic carbocycles. The molecule has 2 atom stereocenters. The van der Waals surface area contributed by atoms with E-state index in [9.17, 15) is 4.39 Å². The van der Waals surface area contributed by atoms with Gasteiger partial charge in [-0.1, -0.05) is 0 Å². The van der Waals surface area contributed by atoms with Crippen molar-refractivity contribution >= 4 is 0 Å². The van der Waals surface area contributed by atoms with Crippen molar-refractivity contribution in [1.82, 2.24) is 0 Å². The van der Waals surface area contributed by atoms with Crippen molar-refractivity contribution in [1.29, 1.82) is 0 Å². The van der Waals surface area contributed by atoms with Gasteiger partial charge in [-0.05, 0) is 55.9 Å². The number of methoxy groups -OCH3 is 1. The number of benzene rings is 1. The predicted octanol–water partition coefficient (Wildman–Crippen LogP) is 2.66. The van der Waals surface area contributed by atoms with Gasteiger partial charge in [0.2, 0.25) is 0 Å². The Kier molecular flexibility index (Phi) is 5.16. The Bertz CT molecular complexity index is 411. The molecule has 1 heterocycles. The summed E-state index contributed by atoms with van der Waals surface area (Å²) in [5, 5.41) is 0. The van der Waals surface area contributed by atoms with E-state index < -0.39 is 0 Å². The molecule has 4 heteroatoms. The highest BCUT2D eigenvalue weighted by molar-refractivity contribution is 5.33. The van der Waals surface area contributed by atoms with Crippen LogP contribution in [0.2, 0.25) is 0 Å². The summed E-state index contributed by atoms with van der Waals surface area (Å²) in [5.41, 5.74) is 6.51. The minimum atomic E-state index is -0.212. The van der Waals surface area contributed by atoms with Gasteiger partial charge < -0.3 is 15.2 Å². The van der Waals surface area contributed by atoms with Gasteiger partial charge in [-0.25, -0.2) is 4.39 Å². The number of aryl methyl sites for hydroxylation is 1. The van der Waals surface area contributed by atoms with Gasteiger partial charge in [0.15, 0.2) is 0 Å². The molecule has 0 aliphatic carbocycles. The second kappa shape index (κ2) is 6.87. The largest absolute Gasteiger partial charge is 0.496 e. The van der Waals surface area contributed by atoms with E-state index in [1.165, 1.54) is 6.07 Å². The number of rotatable bonds is 6. The highest BCUT2D eigenvalue weighted by Gasteiger charge is 2.23. The molecule has 0 aromatic heterocycles. The second-order valence-electron chi connectivity index (χ2n) is 5.04. The van der Waals surface area contributed by atoms with E-state index in [4.69, 9.17) is 15.2 Å². The van der Waals surface area contributed by atoms with Gasteiger partial charge >= 0.3 is 0 Å². The lowest BCUT2D eigenvalue weighted by Gasteiger charge is -2.13. The normalized spacial score (nSPS) is 22.7. The fourth-order valence-corrected chi connectivity index (χ4v) is 2.63. The molecular formula is C15H22FNO2. The van der Waals surface area contributed by atoms with Gasteiger partial charge in [-0.15, -0.1) is 0 Å². The first-order valence-electron chi connectivity index (χ1n) is 6.91. The summed E-state index contributed by atoms with van der Waals surface area (Å²) in [5.74, 6) is 0.546. The molecule has 0 spiro atoms. The summed E-state index contributed by atoms with van der Waals surface area (Å²) < 4.78 is 24.3. The minimum absolute atomic E-state index is 0.212. The van der Waals surface area contributed by atoms with Crippen molar-refractivity contribution < 1.29 is 13.9 Å². The highest BCUT2D eigenvalue weighted by Crippen LogP contribution is 2.25. The zero-order valence-electron chi connectivity index (χ0n) is 11.4. The molecule has 0 amide bonds. The summed E-state index contributed by atoms with van der Waals surface area (Å²) in [6, 6.07) is 4.66. The molecule has 0 radical (unpaired) electrons. The Morgan fingerprint density at radius 2 is 2.16 bits per heavy atom. The Labute approximate surface area is 113 Å². The highest BCUT2D eigenvalue weighted by atomic mass is 19.1. The molecule has 19 heavy (non-hydrogen) atoms. The van der Waals surface area contributed by atoms with Crippen LogP contribution in [0.15, 0.2) is 18.2 Å². The molecular weight excluding hydrogens is 245 g/mol. The van der Waals surface area contributed by atoms with E-state index in [0.717, 1.165) is 43.4 Å². The van der Waals surface area contributed by atoms with Gasteiger partial charge in [-0.2, -0.15) is 0 Å². The van der Waals surface area contributed by atoms with Crippen LogP contribution in [0, 0.1) is 5.82 Å². The summed E-state index contributed by atoms with van der Waals surface area (Å²) in [4.78, 5) is 0. The van der Waals surface area contributed by atoms with Gasteiger partial charge in [0.1, 0.15) is 11.6 Å². The Morgan fingerprint density at radius 3 is 2.84 bits per heavy atom. The van der Waals surface area contributed by atoms with Gasteiger partial charge in [0.05, 0.1) is 19.3 Å². The molecule has 1 aliphatic heterocycles. The maximum Gasteiger partial charge on any atom is 0.123 e. The number of halogens is 1. The minimum Gasteiger partial charge on any atom is -0.496 e. The molecule has 1 saturated heterocycles. The fraction of sp³-hybridized carbons (Fsp3) is 0.600. The van der Waals surface area contributed by atoms with Gasteiger partial charge in [0.25, 0.3) is 0 Å². The molecule has 2 N–H and O–H groups in total. The summed E-state index contributed by atoms with van der Waals surface area (Å²) >= 11 is 0. The molecule has 1 fully saturated rings. The number of hydrogen-bond donors (Lipinski definition) is 1. The van der Waals surface area contributed by atoms with E-state index in [2.05, 4.69) is 0 Å². The lowest BCUT2D eigenvalue weighted by molar-refractivity contribution is 0.0445. The quantitative estimate of drug-likeness (QED) is 0.861. The molecule has 1 aromatic rings. The zero-order chi connectivity index (χ0) is 13.7. The molecule has 0 saturated carbocycles. The third kappa shape index (κ3) is 3.91. The second-order valence-corrected chi connectivity index (χ2v) is 5.04. The third-order valence-corrected chi connectivity index (χ3v) is 3.67. The Balaban J connectivity index is 1.81. The van der Waals surface area contributed by atoms with Crippen LogP contribution in [0.3, 0.4) is 0 Å². The van der Waals surface area contributed by atoms with Crippen LogP contribution in [-0.2, 0) is 11.2 Å². The fourth-order valence-electron chi connectivity index (χ4n) is 2.63. The first kappa shape index (κ1) is 14.3. The Hall–Kier alpha value is -1.13. The zero-order valence-corrected chi connectivity index (χ0v) is 11.4. The molecule has 0 unspecified atom stereocenters. The summed E-state index contributed by atoms with van der Waals surface area (Å²) in [6.07, 6.45) is 5.47. The van der Waals surface area contributed by atoms with Crippen LogP contribution in [0.25, 0.3) is 0 Å². The monoisotopic (exact) mass is 267 g/mol. The van der Waals surface area contributed by atoms with Crippen LogP contribution < -0.4 is 10.5 Å².